The molecule has 0 fully saturated rings. The number of rotatable bonds is 10. The van der Waals surface area contributed by atoms with Gasteiger partial charge in [0.25, 0.3) is 0 Å². The minimum absolute atomic E-state index is 0.682. The summed E-state index contributed by atoms with van der Waals surface area (Å²) in [6, 6.07) is 12.9. The molecule has 0 aliphatic rings. The first-order valence-corrected chi connectivity index (χ1v) is 11.1. The lowest BCUT2D eigenvalue weighted by atomic mass is 9.95. The normalized spacial score (nSPS) is 13.5. The van der Waals surface area contributed by atoms with Crippen LogP contribution >= 0.6 is 0 Å². The van der Waals surface area contributed by atoms with Crippen molar-refractivity contribution in [2.45, 2.75) is 40.0 Å². The fraction of sp³-hybridized carbons (Fsp3) is 0.357. The lowest BCUT2D eigenvalue weighted by molar-refractivity contribution is 0.513. The summed E-state index contributed by atoms with van der Waals surface area (Å²) in [7, 11) is 5.86. The van der Waals surface area contributed by atoms with E-state index in [2.05, 4.69) is 81.0 Å². The maximum atomic E-state index is 5.13. The summed E-state index contributed by atoms with van der Waals surface area (Å²) in [5.74, 6) is 0.682. The second-order valence-electron chi connectivity index (χ2n) is 8.21. The Kier molecular flexibility index (Phi) is 9.45. The molecule has 0 radical (unpaired) electrons. The minimum Gasteiger partial charge on any atom is -0.383 e. The van der Waals surface area contributed by atoms with Gasteiger partial charge in [-0.15, -0.1) is 0 Å². The van der Waals surface area contributed by atoms with Gasteiger partial charge in [-0.05, 0) is 54.5 Å². The molecule has 0 saturated heterocycles. The zero-order chi connectivity index (χ0) is 22.8. The van der Waals surface area contributed by atoms with Gasteiger partial charge in [0.15, 0.2) is 0 Å². The van der Waals surface area contributed by atoms with E-state index in [0.29, 0.717) is 5.92 Å². The highest BCUT2D eigenvalue weighted by Crippen LogP contribution is 2.27. The molecular weight excluding hydrogens is 378 g/mol. The Bertz CT molecular complexity index is 964. The van der Waals surface area contributed by atoms with Crippen LogP contribution in [0.15, 0.2) is 66.3 Å². The number of hydrogen-bond acceptors (Lipinski definition) is 3. The first kappa shape index (κ1) is 24.3. The van der Waals surface area contributed by atoms with E-state index in [1.807, 2.05) is 38.3 Å². The Balaban J connectivity index is 2.52. The van der Waals surface area contributed by atoms with Crippen LogP contribution in [0.25, 0.3) is 22.4 Å². The highest BCUT2D eigenvalue weighted by atomic mass is 15.0. The van der Waals surface area contributed by atoms with Gasteiger partial charge < -0.3 is 4.90 Å². The lowest BCUT2D eigenvalue weighted by Crippen LogP contribution is -2.04. The molecule has 0 bridgehead atoms. The van der Waals surface area contributed by atoms with Gasteiger partial charge in [-0.2, -0.15) is 0 Å². The summed E-state index contributed by atoms with van der Waals surface area (Å²) in [5.41, 5.74) is 7.79. The average molecular weight is 416 g/mol. The van der Waals surface area contributed by atoms with Crippen LogP contribution in [0.2, 0.25) is 0 Å². The number of aryl methyl sites for hydroxylation is 1. The fourth-order valence-electron chi connectivity index (χ4n) is 3.52. The second-order valence-corrected chi connectivity index (χ2v) is 8.21. The summed E-state index contributed by atoms with van der Waals surface area (Å²) in [6.45, 7) is 10.6. The van der Waals surface area contributed by atoms with Gasteiger partial charge in [-0.1, -0.05) is 63.3 Å². The number of benzene rings is 1. The standard InChI is InChI=1S/C28H37N3/c1-8-21(4)14-16-28-26(22(9-2)19-29-5)15-17-27(30-28)25-13-11-12-24(18-25)23(10-3)20-31(6)7/h9-13,15,17-21H,3,8,14,16H2,1-2,4-7H3/b22-9+,23-20+,29-19?. The van der Waals surface area contributed by atoms with Crippen molar-refractivity contribution in [1.29, 1.82) is 0 Å². The summed E-state index contributed by atoms with van der Waals surface area (Å²) < 4.78 is 0. The monoisotopic (exact) mass is 415 g/mol. The Morgan fingerprint density at radius 1 is 1.19 bits per heavy atom. The Hall–Kier alpha value is -2.94. The second kappa shape index (κ2) is 12.0. The zero-order valence-electron chi connectivity index (χ0n) is 20.0. The van der Waals surface area contributed by atoms with Crippen molar-refractivity contribution < 1.29 is 0 Å². The van der Waals surface area contributed by atoms with Gasteiger partial charge in [0.05, 0.1) is 5.69 Å². The van der Waals surface area contributed by atoms with Crippen LogP contribution in [-0.4, -0.2) is 37.2 Å². The van der Waals surface area contributed by atoms with E-state index in [9.17, 15) is 0 Å². The number of hydrogen-bond donors (Lipinski definition) is 0. The van der Waals surface area contributed by atoms with E-state index < -0.39 is 0 Å². The van der Waals surface area contributed by atoms with Crippen molar-refractivity contribution >= 4 is 17.4 Å². The number of aromatic nitrogens is 1. The van der Waals surface area contributed by atoms with Crippen LogP contribution < -0.4 is 0 Å². The number of allylic oxidation sites excluding steroid dienone is 4. The Morgan fingerprint density at radius 2 is 1.97 bits per heavy atom. The Labute approximate surface area is 188 Å². The molecule has 3 heteroatoms. The minimum atomic E-state index is 0.682. The van der Waals surface area contributed by atoms with Gasteiger partial charge >= 0.3 is 0 Å². The third-order valence-electron chi connectivity index (χ3n) is 5.54. The van der Waals surface area contributed by atoms with Crippen LogP contribution in [0.4, 0.5) is 0 Å². The largest absolute Gasteiger partial charge is 0.383 e. The van der Waals surface area contributed by atoms with Crippen LogP contribution in [0.5, 0.6) is 0 Å². The summed E-state index contributed by atoms with van der Waals surface area (Å²) in [4.78, 5) is 11.4. The molecule has 1 heterocycles. The van der Waals surface area contributed by atoms with Crippen LogP contribution in [0.1, 0.15) is 50.4 Å². The summed E-state index contributed by atoms with van der Waals surface area (Å²) in [5, 5.41) is 0. The molecule has 0 spiro atoms. The van der Waals surface area contributed by atoms with E-state index in [4.69, 9.17) is 4.98 Å². The van der Waals surface area contributed by atoms with Crippen LogP contribution in [0.3, 0.4) is 0 Å². The van der Waals surface area contributed by atoms with Crippen LogP contribution in [-0.2, 0) is 6.42 Å². The van der Waals surface area contributed by atoms with E-state index in [1.54, 1.807) is 0 Å². The SMILES string of the molecule is C=C/C(=C\N(C)C)c1cccc(-c2ccc(/C(C=NC)=C/C)c(CCC(C)CC)n2)c1. The molecule has 31 heavy (non-hydrogen) atoms. The first-order valence-electron chi connectivity index (χ1n) is 11.1. The number of nitrogens with zero attached hydrogens (tertiary/aromatic N) is 3. The molecule has 2 rings (SSSR count). The average Bonchev–Trinajstić information content (AvgIpc) is 2.79. The molecule has 164 valence electrons. The van der Waals surface area contributed by atoms with Gasteiger partial charge in [0, 0.05) is 50.4 Å². The molecule has 0 N–H and O–H groups in total. The molecule has 1 aromatic heterocycles. The molecular formula is C28H37N3. The van der Waals surface area contributed by atoms with E-state index in [-0.39, 0.29) is 0 Å². The van der Waals surface area contributed by atoms with E-state index in [0.717, 1.165) is 46.5 Å². The maximum absolute atomic E-state index is 5.13. The fourth-order valence-corrected chi connectivity index (χ4v) is 3.52. The van der Waals surface area contributed by atoms with E-state index >= 15 is 0 Å². The molecule has 0 aliphatic carbocycles. The van der Waals surface area contributed by atoms with Gasteiger partial charge in [0.2, 0.25) is 0 Å². The predicted octanol–water partition coefficient (Wildman–Crippen LogP) is 6.92. The van der Waals surface area contributed by atoms with E-state index in [1.165, 1.54) is 12.0 Å². The van der Waals surface area contributed by atoms with Crippen molar-refractivity contribution in [2.75, 3.05) is 21.1 Å². The quantitative estimate of drug-likeness (QED) is 0.311. The van der Waals surface area contributed by atoms with Crippen molar-refractivity contribution in [3.8, 4) is 11.3 Å². The molecule has 1 atom stereocenters. The van der Waals surface area contributed by atoms with Crippen LogP contribution in [0, 0.1) is 5.92 Å². The smallest absolute Gasteiger partial charge is 0.0705 e. The van der Waals surface area contributed by atoms with Crippen molar-refractivity contribution in [1.82, 2.24) is 9.88 Å². The molecule has 2 aromatic rings. The molecule has 0 saturated carbocycles. The molecule has 1 aromatic carbocycles. The van der Waals surface area contributed by atoms with Crippen molar-refractivity contribution in [3.63, 3.8) is 0 Å². The summed E-state index contributed by atoms with van der Waals surface area (Å²) in [6.07, 6.45) is 11.3. The highest BCUT2D eigenvalue weighted by molar-refractivity contribution is 6.10. The topological polar surface area (TPSA) is 28.5 Å². The third-order valence-corrected chi connectivity index (χ3v) is 5.54. The third kappa shape index (κ3) is 6.78. The maximum Gasteiger partial charge on any atom is 0.0705 e. The first-order chi connectivity index (χ1) is 14.9. The van der Waals surface area contributed by atoms with Crippen molar-refractivity contribution in [2.24, 2.45) is 10.9 Å². The Morgan fingerprint density at radius 3 is 2.58 bits per heavy atom. The number of pyridine rings is 1. The lowest BCUT2D eigenvalue weighted by Gasteiger charge is -2.15. The predicted molar refractivity (Wildman–Crippen MR) is 137 cm³/mol. The molecule has 1 unspecified atom stereocenters. The zero-order valence-corrected chi connectivity index (χ0v) is 20.0. The highest BCUT2D eigenvalue weighted by Gasteiger charge is 2.12. The number of aliphatic imine (C=N–C) groups is 1. The molecule has 0 amide bonds. The summed E-state index contributed by atoms with van der Waals surface area (Å²) >= 11 is 0. The van der Waals surface area contributed by atoms with Crippen molar-refractivity contribution in [3.05, 3.63) is 78.1 Å². The van der Waals surface area contributed by atoms with Gasteiger partial charge in [-0.25, -0.2) is 0 Å². The molecule has 3 nitrogen and oxygen atoms in total. The van der Waals surface area contributed by atoms with Gasteiger partial charge in [-0.3, -0.25) is 9.98 Å². The molecule has 0 aliphatic heterocycles. The van der Waals surface area contributed by atoms with Gasteiger partial charge in [0.1, 0.15) is 0 Å².